The first-order chi connectivity index (χ1) is 16.2. The highest BCUT2D eigenvalue weighted by Crippen LogP contribution is 2.32. The predicted octanol–water partition coefficient (Wildman–Crippen LogP) is 6.21. The Hall–Kier alpha value is -1.98. The molecular formula is C23H34F5NO5. The van der Waals surface area contributed by atoms with E-state index in [9.17, 15) is 26.7 Å². The molecule has 11 heteroatoms. The Bertz CT molecular complexity index is 739. The molecule has 0 radical (unpaired) electrons. The third kappa shape index (κ3) is 8.06. The number of carbonyl (C=O) groups is 1. The molecule has 0 heterocycles. The normalized spacial score (nSPS) is 12.6. The molecule has 1 aromatic rings. The van der Waals surface area contributed by atoms with Gasteiger partial charge in [-0.1, -0.05) is 45.4 Å². The van der Waals surface area contributed by atoms with Crippen molar-refractivity contribution in [1.82, 2.24) is 5.32 Å². The topological polar surface area (TPSA) is 66.0 Å². The Labute approximate surface area is 197 Å². The van der Waals surface area contributed by atoms with Crippen molar-refractivity contribution in [2.45, 2.75) is 70.7 Å². The predicted molar refractivity (Wildman–Crippen MR) is 115 cm³/mol. The van der Waals surface area contributed by atoms with Gasteiger partial charge in [0.1, 0.15) is 0 Å². The summed E-state index contributed by atoms with van der Waals surface area (Å²) >= 11 is 0. The Kier molecular flexibility index (Phi) is 13.4. The summed E-state index contributed by atoms with van der Waals surface area (Å²) in [5.41, 5.74) is 0. The average molecular weight is 500 g/mol. The Morgan fingerprint density at radius 3 is 1.76 bits per heavy atom. The van der Waals surface area contributed by atoms with Crippen LogP contribution in [0.5, 0.6) is 5.75 Å². The summed E-state index contributed by atoms with van der Waals surface area (Å²) < 4.78 is 87.6. The van der Waals surface area contributed by atoms with E-state index in [0.29, 0.717) is 12.8 Å². The fourth-order valence-corrected chi connectivity index (χ4v) is 3.76. The molecule has 0 bridgehead atoms. The van der Waals surface area contributed by atoms with E-state index in [1.54, 1.807) is 0 Å². The Morgan fingerprint density at radius 2 is 1.24 bits per heavy atom. The minimum Gasteiger partial charge on any atom is -0.404 e. The molecule has 1 atom stereocenters. The van der Waals surface area contributed by atoms with Crippen LogP contribution in [0.3, 0.4) is 0 Å². The summed E-state index contributed by atoms with van der Waals surface area (Å²) in [4.78, 5) is 11.9. The first-order valence-electron chi connectivity index (χ1n) is 11.3. The average Bonchev–Trinajstić information content (AvgIpc) is 2.84. The van der Waals surface area contributed by atoms with Gasteiger partial charge in [-0.05, 0) is 19.3 Å². The van der Waals surface area contributed by atoms with E-state index in [2.05, 4.69) is 17.0 Å². The van der Waals surface area contributed by atoms with Crippen molar-refractivity contribution < 1.29 is 45.7 Å². The monoisotopic (exact) mass is 499 g/mol. The van der Waals surface area contributed by atoms with Gasteiger partial charge in [0.15, 0.2) is 0 Å². The molecule has 0 fully saturated rings. The third-order valence-corrected chi connectivity index (χ3v) is 5.62. The second-order valence-electron chi connectivity index (χ2n) is 7.83. The number of nitrogens with one attached hydrogen (secondary N) is 1. The number of unbranched alkanes of at least 4 members (excludes halogenated alkanes) is 5. The molecule has 1 amide bonds. The number of halogens is 5. The summed E-state index contributed by atoms with van der Waals surface area (Å²) in [7, 11) is 4.38. The summed E-state index contributed by atoms with van der Waals surface area (Å²) in [6.07, 6.45) is 6.84. The van der Waals surface area contributed by atoms with E-state index in [0.717, 1.165) is 32.1 Å². The molecule has 0 aliphatic heterocycles. The second kappa shape index (κ2) is 15.1. The van der Waals surface area contributed by atoms with Crippen LogP contribution >= 0.6 is 0 Å². The van der Waals surface area contributed by atoms with Crippen LogP contribution in [0.2, 0.25) is 0 Å². The molecule has 0 aliphatic rings. The van der Waals surface area contributed by atoms with Gasteiger partial charge in [-0.3, -0.25) is 0 Å². The van der Waals surface area contributed by atoms with Gasteiger partial charge in [0.2, 0.25) is 34.8 Å². The maximum Gasteiger partial charge on any atom is 0.412 e. The van der Waals surface area contributed by atoms with Crippen molar-refractivity contribution in [2.75, 3.05) is 27.9 Å². The van der Waals surface area contributed by atoms with Crippen LogP contribution in [0.4, 0.5) is 26.7 Å². The summed E-state index contributed by atoms with van der Waals surface area (Å²) in [6.45, 7) is 2.15. The zero-order valence-electron chi connectivity index (χ0n) is 20.1. The molecule has 1 rings (SSSR count). The summed E-state index contributed by atoms with van der Waals surface area (Å²) in [5.74, 6) is -14.3. The molecule has 1 N–H and O–H groups in total. The lowest BCUT2D eigenvalue weighted by Gasteiger charge is -2.36. The third-order valence-electron chi connectivity index (χ3n) is 5.62. The number of hydrogen-bond acceptors (Lipinski definition) is 5. The SMILES string of the molecule is CCCCCCCCC(CCCNC(=O)Oc1c(F)c(F)c(F)c(F)c1F)C(OC)(OC)OC. The number of carbonyl (C=O) groups excluding carboxylic acids is 1. The van der Waals surface area contributed by atoms with Gasteiger partial charge >= 0.3 is 6.09 Å². The first-order valence-corrected chi connectivity index (χ1v) is 11.3. The van der Waals surface area contributed by atoms with Crippen LogP contribution in [0, 0.1) is 35.0 Å². The fourth-order valence-electron chi connectivity index (χ4n) is 3.76. The van der Waals surface area contributed by atoms with Gasteiger partial charge in [0, 0.05) is 33.8 Å². The highest BCUT2D eigenvalue weighted by Gasteiger charge is 2.39. The lowest BCUT2D eigenvalue weighted by atomic mass is 9.93. The number of amides is 1. The molecule has 0 saturated carbocycles. The van der Waals surface area contributed by atoms with Crippen LogP contribution in [0.1, 0.15) is 64.7 Å². The maximum absolute atomic E-state index is 13.7. The zero-order chi connectivity index (χ0) is 25.7. The highest BCUT2D eigenvalue weighted by atomic mass is 19.2. The Balaban J connectivity index is 2.65. The van der Waals surface area contributed by atoms with E-state index in [1.807, 2.05) is 0 Å². The molecule has 0 spiro atoms. The lowest BCUT2D eigenvalue weighted by Crippen LogP contribution is -2.44. The largest absolute Gasteiger partial charge is 0.412 e. The van der Waals surface area contributed by atoms with Crippen LogP contribution in [-0.4, -0.2) is 39.9 Å². The molecule has 1 aromatic carbocycles. The van der Waals surface area contributed by atoms with E-state index in [1.165, 1.54) is 34.2 Å². The highest BCUT2D eigenvalue weighted by molar-refractivity contribution is 5.70. The van der Waals surface area contributed by atoms with Gasteiger partial charge in [-0.25, -0.2) is 18.0 Å². The van der Waals surface area contributed by atoms with Crippen LogP contribution in [-0.2, 0) is 14.2 Å². The zero-order valence-corrected chi connectivity index (χ0v) is 20.1. The van der Waals surface area contributed by atoms with Crippen molar-refractivity contribution >= 4 is 6.09 Å². The Morgan fingerprint density at radius 1 is 0.765 bits per heavy atom. The van der Waals surface area contributed by atoms with E-state index in [4.69, 9.17) is 14.2 Å². The van der Waals surface area contributed by atoms with Gasteiger partial charge in [0.25, 0.3) is 5.97 Å². The molecular weight excluding hydrogens is 465 g/mol. The summed E-state index contributed by atoms with van der Waals surface area (Å²) in [6, 6.07) is 0. The number of ether oxygens (including phenoxy) is 4. The number of methoxy groups -OCH3 is 3. The maximum atomic E-state index is 13.7. The molecule has 0 aromatic heterocycles. The van der Waals surface area contributed by atoms with Crippen LogP contribution < -0.4 is 10.1 Å². The molecule has 0 saturated heterocycles. The van der Waals surface area contributed by atoms with E-state index in [-0.39, 0.29) is 12.5 Å². The van der Waals surface area contributed by atoms with Gasteiger partial charge in [-0.2, -0.15) is 8.78 Å². The molecule has 196 valence electrons. The quantitative estimate of drug-likeness (QED) is 0.0963. The van der Waals surface area contributed by atoms with E-state index >= 15 is 0 Å². The fraction of sp³-hybridized carbons (Fsp3) is 0.696. The van der Waals surface area contributed by atoms with Crippen molar-refractivity contribution in [3.05, 3.63) is 29.1 Å². The molecule has 1 unspecified atom stereocenters. The number of rotatable bonds is 16. The summed E-state index contributed by atoms with van der Waals surface area (Å²) in [5, 5.41) is 2.23. The minimum absolute atomic E-state index is 0.00839. The van der Waals surface area contributed by atoms with Crippen molar-refractivity contribution in [3.63, 3.8) is 0 Å². The number of hydrogen-bond donors (Lipinski definition) is 1. The minimum atomic E-state index is -2.34. The van der Waals surface area contributed by atoms with Crippen LogP contribution in [0.15, 0.2) is 0 Å². The smallest absolute Gasteiger partial charge is 0.404 e. The number of benzene rings is 1. The van der Waals surface area contributed by atoms with Gasteiger partial charge < -0.3 is 24.3 Å². The van der Waals surface area contributed by atoms with Gasteiger partial charge in [-0.15, -0.1) is 0 Å². The molecule has 6 nitrogen and oxygen atoms in total. The van der Waals surface area contributed by atoms with Crippen molar-refractivity contribution in [3.8, 4) is 5.75 Å². The first kappa shape index (κ1) is 30.1. The van der Waals surface area contributed by atoms with Crippen molar-refractivity contribution in [1.29, 1.82) is 0 Å². The second-order valence-corrected chi connectivity index (χ2v) is 7.83. The van der Waals surface area contributed by atoms with Crippen LogP contribution in [0.25, 0.3) is 0 Å². The van der Waals surface area contributed by atoms with Crippen molar-refractivity contribution in [2.24, 2.45) is 5.92 Å². The van der Waals surface area contributed by atoms with Gasteiger partial charge in [0.05, 0.1) is 0 Å². The lowest BCUT2D eigenvalue weighted by molar-refractivity contribution is -0.380. The molecule has 34 heavy (non-hydrogen) atoms. The van der Waals surface area contributed by atoms with E-state index < -0.39 is 46.9 Å². The molecule has 0 aliphatic carbocycles. The standard InChI is InChI=1S/C23H34F5NO5/c1-5-6-7-8-9-10-12-15(23(31-2,32-3)33-4)13-11-14-29-22(30)34-21-19(27)17(25)16(24)18(26)20(21)28/h15H,5-14H2,1-4H3,(H,29,30).